The Labute approximate surface area is 62.3 Å². The van der Waals surface area contributed by atoms with E-state index in [0.29, 0.717) is 0 Å². The van der Waals surface area contributed by atoms with E-state index in [1.165, 1.54) is 6.33 Å². The van der Waals surface area contributed by atoms with Gasteiger partial charge in [-0.25, -0.2) is 13.4 Å². The first kappa shape index (κ1) is 7.36. The molecule has 54 valence electrons. The molecule has 0 aromatic carbocycles. The molecule has 6 heteroatoms. The molecule has 0 fully saturated rings. The topological polar surface area (TPSA) is 59.9 Å². The third kappa shape index (κ3) is 1.22. The van der Waals surface area contributed by atoms with Gasteiger partial charge in [0.15, 0.2) is 0 Å². The van der Waals surface area contributed by atoms with Gasteiger partial charge in [-0.15, -0.1) is 0 Å². The number of hydrogen-bond acceptors (Lipinski definition) is 5. The zero-order chi connectivity index (χ0) is 7.61. The quantitative estimate of drug-likeness (QED) is 0.656. The molecule has 1 aromatic heterocycles. The monoisotopic (exact) mass is 176 g/mol. The summed E-state index contributed by atoms with van der Waals surface area (Å²) in [4.78, 5) is 3.51. The van der Waals surface area contributed by atoms with Crippen LogP contribution in [0.5, 0.6) is 0 Å². The minimum atomic E-state index is -3.35. The first-order valence-electron chi connectivity index (χ1n) is 2.31. The van der Waals surface area contributed by atoms with Crippen LogP contribution in [0.1, 0.15) is 0 Å². The lowest BCUT2D eigenvalue weighted by molar-refractivity contribution is 0.604. The van der Waals surface area contributed by atoms with Crippen molar-refractivity contribution < 1.29 is 8.42 Å². The van der Waals surface area contributed by atoms with Gasteiger partial charge in [0.1, 0.15) is 6.33 Å². The van der Waals surface area contributed by atoms with Crippen LogP contribution in [0.15, 0.2) is 22.7 Å². The maximum Gasteiger partial charge on any atom is 0.232 e. The summed E-state index contributed by atoms with van der Waals surface area (Å²) in [6, 6.07) is 0. The highest BCUT2D eigenvalue weighted by Gasteiger charge is 2.11. The fourth-order valence-corrected chi connectivity index (χ4v) is 1.72. The number of sulfone groups is 1. The molecule has 0 atom stereocenters. The molecular weight excluding hydrogens is 172 g/mol. The van der Waals surface area contributed by atoms with Crippen LogP contribution in [-0.2, 0) is 9.84 Å². The van der Waals surface area contributed by atoms with E-state index in [1.807, 2.05) is 0 Å². The largest absolute Gasteiger partial charge is 0.232 e. The summed E-state index contributed by atoms with van der Waals surface area (Å²) in [7, 11) is -3.35. The van der Waals surface area contributed by atoms with Crippen molar-refractivity contribution in [1.82, 2.24) is 9.36 Å². The Morgan fingerprint density at radius 3 is 2.80 bits per heavy atom. The normalized spacial score (nSPS) is 11.2. The second-order valence-electron chi connectivity index (χ2n) is 1.42. The molecular formula is C4H4N2O2S2. The van der Waals surface area contributed by atoms with Crippen molar-refractivity contribution in [2.75, 3.05) is 0 Å². The maximum absolute atomic E-state index is 10.9. The molecule has 0 N–H and O–H groups in total. The number of rotatable bonds is 2. The van der Waals surface area contributed by atoms with Crippen molar-refractivity contribution in [2.45, 2.75) is 4.34 Å². The highest BCUT2D eigenvalue weighted by molar-refractivity contribution is 7.95. The second-order valence-corrected chi connectivity index (χ2v) is 4.27. The summed E-state index contributed by atoms with van der Waals surface area (Å²) < 4.78 is 25.2. The predicted molar refractivity (Wildman–Crippen MR) is 37.3 cm³/mol. The Morgan fingerprint density at radius 2 is 2.40 bits per heavy atom. The molecule has 4 nitrogen and oxygen atoms in total. The summed E-state index contributed by atoms with van der Waals surface area (Å²) in [5.41, 5.74) is 0. The number of hydrogen-bond donors (Lipinski definition) is 0. The number of nitrogens with zero attached hydrogens (tertiary/aromatic N) is 2. The van der Waals surface area contributed by atoms with Crippen molar-refractivity contribution in [3.8, 4) is 0 Å². The van der Waals surface area contributed by atoms with Crippen LogP contribution < -0.4 is 0 Å². The average molecular weight is 176 g/mol. The zero-order valence-electron chi connectivity index (χ0n) is 4.89. The molecule has 0 amide bonds. The highest BCUT2D eigenvalue weighted by Crippen LogP contribution is 2.10. The molecule has 0 aliphatic heterocycles. The Bertz CT molecular complexity index is 313. The first-order chi connectivity index (χ1) is 4.67. The van der Waals surface area contributed by atoms with E-state index in [0.717, 1.165) is 16.9 Å². The van der Waals surface area contributed by atoms with E-state index < -0.39 is 9.84 Å². The molecule has 0 aliphatic carbocycles. The Hall–Kier alpha value is -0.750. The summed E-state index contributed by atoms with van der Waals surface area (Å²) in [6.07, 6.45) is 1.20. The van der Waals surface area contributed by atoms with Gasteiger partial charge >= 0.3 is 0 Å². The van der Waals surface area contributed by atoms with Crippen LogP contribution in [0.25, 0.3) is 0 Å². The van der Waals surface area contributed by atoms with Crippen molar-refractivity contribution in [2.24, 2.45) is 0 Å². The van der Waals surface area contributed by atoms with E-state index in [4.69, 9.17) is 0 Å². The van der Waals surface area contributed by atoms with E-state index in [1.54, 1.807) is 0 Å². The molecule has 0 aliphatic rings. The Balaban J connectivity index is 3.22. The highest BCUT2D eigenvalue weighted by atomic mass is 32.2. The van der Waals surface area contributed by atoms with Crippen molar-refractivity contribution in [1.29, 1.82) is 0 Å². The summed E-state index contributed by atoms with van der Waals surface area (Å²) in [5, 5.41) is 0.855. The van der Waals surface area contributed by atoms with Crippen LogP contribution in [0.4, 0.5) is 0 Å². The molecule has 0 bridgehead atoms. The fraction of sp³-hybridized carbons (Fsp3) is 0. The van der Waals surface area contributed by atoms with Gasteiger partial charge < -0.3 is 0 Å². The minimum absolute atomic E-state index is 0.0116. The predicted octanol–water partition coefficient (Wildman–Crippen LogP) is 0.455. The molecule has 0 spiro atoms. The molecule has 1 heterocycles. The van der Waals surface area contributed by atoms with Crippen molar-refractivity contribution in [3.05, 3.63) is 18.3 Å². The minimum Gasteiger partial charge on any atom is -0.217 e. The second kappa shape index (κ2) is 2.47. The van der Waals surface area contributed by atoms with Crippen LogP contribution in [0.2, 0.25) is 0 Å². The summed E-state index contributed by atoms with van der Waals surface area (Å²) in [5.74, 6) is 0. The van der Waals surface area contributed by atoms with E-state index in [2.05, 4.69) is 15.9 Å². The van der Waals surface area contributed by atoms with Gasteiger partial charge in [0.05, 0.1) is 0 Å². The van der Waals surface area contributed by atoms with Gasteiger partial charge in [-0.1, -0.05) is 6.58 Å². The maximum atomic E-state index is 10.9. The van der Waals surface area contributed by atoms with E-state index in [9.17, 15) is 8.42 Å². The molecule has 0 radical (unpaired) electrons. The molecule has 10 heavy (non-hydrogen) atoms. The van der Waals surface area contributed by atoms with Gasteiger partial charge in [-0.2, -0.15) is 4.37 Å². The standard InChI is InChI=1S/C4H4N2O2S2/c1-2-10(7,8)4-5-3-6-9-4/h2-3H,1H2. The Morgan fingerprint density at radius 1 is 1.70 bits per heavy atom. The average Bonchev–Trinajstić information content (AvgIpc) is 2.38. The van der Waals surface area contributed by atoms with Gasteiger partial charge in [-0.05, 0) is 11.5 Å². The van der Waals surface area contributed by atoms with Crippen LogP contribution in [-0.4, -0.2) is 17.8 Å². The lowest BCUT2D eigenvalue weighted by atomic mass is 11.3. The van der Waals surface area contributed by atoms with Gasteiger partial charge in [0.25, 0.3) is 0 Å². The Kier molecular flexibility index (Phi) is 1.82. The summed E-state index contributed by atoms with van der Waals surface area (Å²) in [6.45, 7) is 3.14. The SMILES string of the molecule is C=CS(=O)(=O)c1ncns1. The lowest BCUT2D eigenvalue weighted by Gasteiger charge is -1.85. The van der Waals surface area contributed by atoms with Gasteiger partial charge in [-0.3, -0.25) is 0 Å². The molecule has 1 aromatic rings. The van der Waals surface area contributed by atoms with E-state index >= 15 is 0 Å². The smallest absolute Gasteiger partial charge is 0.217 e. The van der Waals surface area contributed by atoms with Crippen molar-refractivity contribution in [3.63, 3.8) is 0 Å². The molecule has 0 saturated heterocycles. The lowest BCUT2D eigenvalue weighted by Crippen LogP contribution is -1.92. The van der Waals surface area contributed by atoms with Crippen LogP contribution >= 0.6 is 11.5 Å². The summed E-state index contributed by atoms with van der Waals surface area (Å²) >= 11 is 0.834. The van der Waals surface area contributed by atoms with Gasteiger partial charge in [0.2, 0.25) is 14.2 Å². The van der Waals surface area contributed by atoms with Crippen LogP contribution in [0.3, 0.4) is 0 Å². The molecule has 0 unspecified atom stereocenters. The van der Waals surface area contributed by atoms with Crippen molar-refractivity contribution >= 4 is 21.4 Å². The van der Waals surface area contributed by atoms with Crippen LogP contribution in [0, 0.1) is 0 Å². The van der Waals surface area contributed by atoms with E-state index in [-0.39, 0.29) is 4.34 Å². The number of aromatic nitrogens is 2. The molecule has 1 rings (SSSR count). The third-order valence-corrected chi connectivity index (χ3v) is 3.22. The first-order valence-corrected chi connectivity index (χ1v) is 4.63. The zero-order valence-corrected chi connectivity index (χ0v) is 6.52. The van der Waals surface area contributed by atoms with Gasteiger partial charge in [0, 0.05) is 5.41 Å². The molecule has 0 saturated carbocycles. The third-order valence-electron chi connectivity index (χ3n) is 0.804. The fourth-order valence-electron chi connectivity index (χ4n) is 0.360.